The zero-order chi connectivity index (χ0) is 7.94. The van der Waals surface area contributed by atoms with Crippen molar-refractivity contribution in [2.24, 2.45) is 0 Å². The van der Waals surface area contributed by atoms with E-state index in [2.05, 4.69) is 10.3 Å². The fourth-order valence-corrected chi connectivity index (χ4v) is 0.893. The van der Waals surface area contributed by atoms with E-state index in [1.165, 1.54) is 5.56 Å². The third-order valence-electron chi connectivity index (χ3n) is 1.48. The van der Waals surface area contributed by atoms with E-state index in [0.29, 0.717) is 6.42 Å². The first-order chi connectivity index (χ1) is 5.43. The summed E-state index contributed by atoms with van der Waals surface area (Å²) in [5.74, 6) is 0. The molecule has 2 nitrogen and oxygen atoms in total. The minimum Gasteiger partial charge on any atom is -0.367 e. The first-order valence-corrected chi connectivity index (χ1v) is 3.82. The van der Waals surface area contributed by atoms with Crippen molar-refractivity contribution >= 4 is 0 Å². The van der Waals surface area contributed by atoms with Gasteiger partial charge in [0.1, 0.15) is 0 Å². The van der Waals surface area contributed by atoms with Crippen LogP contribution in [0.2, 0.25) is 0 Å². The van der Waals surface area contributed by atoms with Crippen molar-refractivity contribution in [3.8, 4) is 0 Å². The van der Waals surface area contributed by atoms with Crippen LogP contribution in [0, 0.1) is 0 Å². The first-order valence-electron chi connectivity index (χ1n) is 3.82. The lowest BCUT2D eigenvalue weighted by Gasteiger charge is -1.99. The normalized spacial score (nSPS) is 10.3. The van der Waals surface area contributed by atoms with Crippen molar-refractivity contribution in [1.82, 2.24) is 10.3 Å². The van der Waals surface area contributed by atoms with Gasteiger partial charge in [0, 0.05) is 18.9 Å². The number of rotatable bonds is 5. The molecule has 1 aromatic heterocycles. The van der Waals surface area contributed by atoms with Gasteiger partial charge in [0.15, 0.2) is 0 Å². The van der Waals surface area contributed by atoms with Gasteiger partial charge in [-0.15, -0.1) is 0 Å². The van der Waals surface area contributed by atoms with E-state index in [-0.39, 0.29) is 6.67 Å². The maximum atomic E-state index is 11.6. The SMILES string of the molecule is FCCCNCc1cc[nH]c1. The lowest BCUT2D eigenvalue weighted by atomic mass is 10.3. The predicted molar refractivity (Wildman–Crippen MR) is 43.1 cm³/mol. The van der Waals surface area contributed by atoms with Crippen molar-refractivity contribution in [2.45, 2.75) is 13.0 Å². The molecule has 0 spiro atoms. The molecule has 0 atom stereocenters. The fraction of sp³-hybridized carbons (Fsp3) is 0.500. The highest BCUT2D eigenvalue weighted by Gasteiger charge is 1.90. The van der Waals surface area contributed by atoms with Crippen molar-refractivity contribution in [3.63, 3.8) is 0 Å². The number of halogens is 1. The molecule has 0 bridgehead atoms. The molecule has 2 N–H and O–H groups in total. The molecule has 3 heteroatoms. The van der Waals surface area contributed by atoms with Gasteiger partial charge in [0.25, 0.3) is 0 Å². The Bertz CT molecular complexity index is 172. The lowest BCUT2D eigenvalue weighted by molar-refractivity contribution is 0.459. The molecule has 1 aromatic rings. The number of hydrogen-bond donors (Lipinski definition) is 2. The second-order valence-corrected chi connectivity index (χ2v) is 2.44. The fourth-order valence-electron chi connectivity index (χ4n) is 0.893. The molecule has 0 aliphatic heterocycles. The minimum absolute atomic E-state index is 0.236. The van der Waals surface area contributed by atoms with Crippen LogP contribution in [0.25, 0.3) is 0 Å². The largest absolute Gasteiger partial charge is 0.367 e. The standard InChI is InChI=1S/C8H13FN2/c9-3-1-4-10-6-8-2-5-11-7-8/h2,5,7,10-11H,1,3-4,6H2. The van der Waals surface area contributed by atoms with Crippen molar-refractivity contribution in [1.29, 1.82) is 0 Å². The summed E-state index contributed by atoms with van der Waals surface area (Å²) in [4.78, 5) is 2.96. The maximum absolute atomic E-state index is 11.6. The molecule has 0 unspecified atom stereocenters. The van der Waals surface area contributed by atoms with Crippen LogP contribution in [-0.2, 0) is 6.54 Å². The van der Waals surface area contributed by atoms with E-state index in [1.807, 2.05) is 18.5 Å². The molecule has 0 aliphatic rings. The van der Waals surface area contributed by atoms with Crippen LogP contribution in [0.3, 0.4) is 0 Å². The Morgan fingerprint density at radius 2 is 2.45 bits per heavy atom. The Kier molecular flexibility index (Phi) is 3.69. The average Bonchev–Trinajstić information content (AvgIpc) is 2.50. The van der Waals surface area contributed by atoms with Gasteiger partial charge >= 0.3 is 0 Å². The van der Waals surface area contributed by atoms with Crippen LogP contribution in [0.15, 0.2) is 18.5 Å². The van der Waals surface area contributed by atoms with Gasteiger partial charge in [-0.1, -0.05) is 0 Å². The molecule has 0 aliphatic carbocycles. The van der Waals surface area contributed by atoms with Crippen LogP contribution in [-0.4, -0.2) is 18.2 Å². The Hall–Kier alpha value is -0.830. The summed E-state index contributed by atoms with van der Waals surface area (Å²) in [5.41, 5.74) is 1.21. The summed E-state index contributed by atoms with van der Waals surface area (Å²) in [7, 11) is 0. The van der Waals surface area contributed by atoms with Crippen LogP contribution in [0.5, 0.6) is 0 Å². The first kappa shape index (κ1) is 8.27. The smallest absolute Gasteiger partial charge is 0.0906 e. The van der Waals surface area contributed by atoms with Gasteiger partial charge in [-0.25, -0.2) is 0 Å². The zero-order valence-corrected chi connectivity index (χ0v) is 6.44. The van der Waals surface area contributed by atoms with Crippen LogP contribution in [0.1, 0.15) is 12.0 Å². The Morgan fingerprint density at radius 1 is 1.55 bits per heavy atom. The van der Waals surface area contributed by atoms with Crippen LogP contribution in [0.4, 0.5) is 4.39 Å². The van der Waals surface area contributed by atoms with Crippen molar-refractivity contribution in [2.75, 3.05) is 13.2 Å². The quantitative estimate of drug-likeness (QED) is 0.621. The summed E-state index contributed by atoms with van der Waals surface area (Å²) < 4.78 is 11.6. The zero-order valence-electron chi connectivity index (χ0n) is 6.44. The monoisotopic (exact) mass is 156 g/mol. The van der Waals surface area contributed by atoms with Crippen LogP contribution >= 0.6 is 0 Å². The molecule has 62 valence electrons. The summed E-state index contributed by atoms with van der Waals surface area (Å²) in [6.07, 6.45) is 4.42. The molecule has 0 amide bonds. The molecule has 0 saturated heterocycles. The van der Waals surface area contributed by atoms with Crippen LogP contribution < -0.4 is 5.32 Å². The second-order valence-electron chi connectivity index (χ2n) is 2.44. The summed E-state index contributed by atoms with van der Waals surface area (Å²) in [5, 5.41) is 3.13. The molecule has 1 heterocycles. The van der Waals surface area contributed by atoms with Crippen molar-refractivity contribution < 1.29 is 4.39 Å². The molecule has 1 rings (SSSR count). The number of H-pyrrole nitrogens is 1. The topological polar surface area (TPSA) is 27.8 Å². The molecule has 11 heavy (non-hydrogen) atoms. The molecule has 0 saturated carbocycles. The summed E-state index contributed by atoms with van der Waals surface area (Å²) in [6, 6.07) is 2.00. The predicted octanol–water partition coefficient (Wildman–Crippen LogP) is 1.46. The van der Waals surface area contributed by atoms with E-state index in [4.69, 9.17) is 0 Å². The molecule has 0 radical (unpaired) electrons. The van der Waals surface area contributed by atoms with E-state index >= 15 is 0 Å². The van der Waals surface area contributed by atoms with E-state index in [9.17, 15) is 4.39 Å². The highest BCUT2D eigenvalue weighted by Crippen LogP contribution is 1.94. The van der Waals surface area contributed by atoms with Gasteiger partial charge in [0.05, 0.1) is 6.67 Å². The number of nitrogens with one attached hydrogen (secondary N) is 2. The van der Waals surface area contributed by atoms with Crippen molar-refractivity contribution in [3.05, 3.63) is 24.0 Å². The minimum atomic E-state index is -0.236. The summed E-state index contributed by atoms with van der Waals surface area (Å²) in [6.45, 7) is 1.34. The van der Waals surface area contributed by atoms with E-state index in [0.717, 1.165) is 13.1 Å². The highest BCUT2D eigenvalue weighted by atomic mass is 19.1. The number of hydrogen-bond acceptors (Lipinski definition) is 1. The van der Waals surface area contributed by atoms with E-state index in [1.54, 1.807) is 0 Å². The third kappa shape index (κ3) is 3.18. The maximum Gasteiger partial charge on any atom is 0.0906 e. The van der Waals surface area contributed by atoms with Gasteiger partial charge in [-0.3, -0.25) is 4.39 Å². The molecular weight excluding hydrogens is 143 g/mol. The van der Waals surface area contributed by atoms with Gasteiger partial charge in [-0.2, -0.15) is 0 Å². The Labute approximate surface area is 65.8 Å². The molecular formula is C8H13FN2. The van der Waals surface area contributed by atoms with Gasteiger partial charge in [0.2, 0.25) is 0 Å². The highest BCUT2D eigenvalue weighted by molar-refractivity contribution is 5.07. The molecule has 0 fully saturated rings. The number of aromatic amines is 1. The lowest BCUT2D eigenvalue weighted by Crippen LogP contribution is -2.14. The average molecular weight is 156 g/mol. The Morgan fingerprint density at radius 3 is 3.09 bits per heavy atom. The number of alkyl halides is 1. The summed E-state index contributed by atoms with van der Waals surface area (Å²) >= 11 is 0. The second kappa shape index (κ2) is 4.91. The third-order valence-corrected chi connectivity index (χ3v) is 1.48. The van der Waals surface area contributed by atoms with Gasteiger partial charge in [-0.05, 0) is 24.6 Å². The van der Waals surface area contributed by atoms with E-state index < -0.39 is 0 Å². The Balaban J connectivity index is 2.04. The van der Waals surface area contributed by atoms with Gasteiger partial charge < -0.3 is 10.3 Å². The number of aromatic nitrogens is 1. The molecule has 0 aromatic carbocycles.